The molecule has 15 heavy (non-hydrogen) atoms. The van der Waals surface area contributed by atoms with Gasteiger partial charge in [0.1, 0.15) is 11.6 Å². The van der Waals surface area contributed by atoms with Crippen LogP contribution in [0.4, 0.5) is 15.9 Å². The largest absolute Gasteiger partial charge is 0.340 e. The fourth-order valence-electron chi connectivity index (χ4n) is 1.16. The Balaban J connectivity index is 2.22. The number of halogens is 2. The zero-order valence-corrected chi connectivity index (χ0v) is 8.50. The minimum atomic E-state index is -0.428. The minimum absolute atomic E-state index is 0.0935. The molecule has 0 amide bonds. The van der Waals surface area contributed by atoms with Crippen molar-refractivity contribution < 1.29 is 4.39 Å². The molecule has 0 saturated heterocycles. The highest BCUT2D eigenvalue weighted by atomic mass is 35.5. The van der Waals surface area contributed by atoms with Gasteiger partial charge in [0.15, 0.2) is 0 Å². The molecular formula is C11H8ClFN2. The number of nitrogens with one attached hydrogen (secondary N) is 1. The monoisotopic (exact) mass is 222 g/mol. The average molecular weight is 223 g/mol. The van der Waals surface area contributed by atoms with Gasteiger partial charge in [-0.2, -0.15) is 0 Å². The van der Waals surface area contributed by atoms with Crippen LogP contribution in [0.5, 0.6) is 0 Å². The van der Waals surface area contributed by atoms with E-state index in [0.717, 1.165) is 0 Å². The van der Waals surface area contributed by atoms with E-state index in [9.17, 15) is 4.39 Å². The van der Waals surface area contributed by atoms with E-state index < -0.39 is 5.82 Å². The summed E-state index contributed by atoms with van der Waals surface area (Å²) in [6.45, 7) is 0. The Morgan fingerprint density at radius 3 is 2.73 bits per heavy atom. The van der Waals surface area contributed by atoms with Crippen molar-refractivity contribution in [3.05, 3.63) is 53.4 Å². The van der Waals surface area contributed by atoms with Crippen LogP contribution in [0, 0.1) is 5.82 Å². The highest BCUT2D eigenvalue weighted by Gasteiger charge is 2.00. The summed E-state index contributed by atoms with van der Waals surface area (Å²) in [5, 5.41) is 3.10. The van der Waals surface area contributed by atoms with Crippen molar-refractivity contribution in [2.45, 2.75) is 0 Å². The molecule has 4 heteroatoms. The van der Waals surface area contributed by atoms with Gasteiger partial charge in [-0.3, -0.25) is 0 Å². The van der Waals surface area contributed by atoms with Gasteiger partial charge in [-0.1, -0.05) is 17.7 Å². The van der Waals surface area contributed by atoms with Gasteiger partial charge < -0.3 is 5.32 Å². The number of aromatic nitrogens is 1. The lowest BCUT2D eigenvalue weighted by Gasteiger charge is -2.05. The van der Waals surface area contributed by atoms with Crippen molar-refractivity contribution in [2.75, 3.05) is 5.32 Å². The molecule has 1 heterocycles. The minimum Gasteiger partial charge on any atom is -0.340 e. The number of rotatable bonds is 2. The Kier molecular flexibility index (Phi) is 2.83. The summed E-state index contributed by atoms with van der Waals surface area (Å²) < 4.78 is 12.9. The first-order valence-corrected chi connectivity index (χ1v) is 4.76. The summed E-state index contributed by atoms with van der Waals surface area (Å²) in [5.41, 5.74) is 0.708. The van der Waals surface area contributed by atoms with Crippen molar-refractivity contribution >= 4 is 23.1 Å². The number of hydrogen-bond acceptors (Lipinski definition) is 2. The van der Waals surface area contributed by atoms with Crippen LogP contribution in [-0.2, 0) is 0 Å². The van der Waals surface area contributed by atoms with Crippen LogP contribution in [0.1, 0.15) is 0 Å². The standard InChI is InChI=1S/C11H8ClFN2/c12-9-7-8(4-5-10(9)13)15-11-3-1-2-6-14-11/h1-7H,(H,14,15). The van der Waals surface area contributed by atoms with E-state index in [1.807, 2.05) is 18.2 Å². The second kappa shape index (κ2) is 4.28. The summed E-state index contributed by atoms with van der Waals surface area (Å²) in [5.74, 6) is 0.267. The lowest BCUT2D eigenvalue weighted by molar-refractivity contribution is 0.628. The van der Waals surface area contributed by atoms with Crippen molar-refractivity contribution in [3.8, 4) is 0 Å². The van der Waals surface area contributed by atoms with Gasteiger partial charge in [0.25, 0.3) is 0 Å². The van der Waals surface area contributed by atoms with Crippen LogP contribution < -0.4 is 5.32 Å². The second-order valence-corrected chi connectivity index (χ2v) is 3.38. The van der Waals surface area contributed by atoms with Crippen LogP contribution in [0.25, 0.3) is 0 Å². The molecule has 0 saturated carbocycles. The maximum atomic E-state index is 12.9. The quantitative estimate of drug-likeness (QED) is 0.840. The van der Waals surface area contributed by atoms with E-state index in [1.165, 1.54) is 12.1 Å². The molecule has 2 rings (SSSR count). The Morgan fingerprint density at radius 2 is 2.07 bits per heavy atom. The lowest BCUT2D eigenvalue weighted by Crippen LogP contribution is -1.92. The van der Waals surface area contributed by atoms with Crippen LogP contribution >= 0.6 is 11.6 Å². The topological polar surface area (TPSA) is 24.9 Å². The summed E-state index contributed by atoms with van der Waals surface area (Å²) >= 11 is 5.64. The molecule has 0 radical (unpaired) electrons. The molecule has 0 atom stereocenters. The van der Waals surface area contributed by atoms with Crippen LogP contribution in [-0.4, -0.2) is 4.98 Å². The fourth-order valence-corrected chi connectivity index (χ4v) is 1.34. The van der Waals surface area contributed by atoms with Crippen LogP contribution in [0.3, 0.4) is 0 Å². The number of benzene rings is 1. The van der Waals surface area contributed by atoms with Crippen LogP contribution in [0.15, 0.2) is 42.6 Å². The first-order valence-electron chi connectivity index (χ1n) is 4.39. The second-order valence-electron chi connectivity index (χ2n) is 2.97. The molecule has 0 aliphatic heterocycles. The molecule has 2 aromatic rings. The highest BCUT2D eigenvalue weighted by Crippen LogP contribution is 2.21. The fraction of sp³-hybridized carbons (Fsp3) is 0. The van der Waals surface area contributed by atoms with Crippen LogP contribution in [0.2, 0.25) is 5.02 Å². The Labute approximate surface area is 91.7 Å². The number of pyridine rings is 1. The van der Waals surface area contributed by atoms with E-state index >= 15 is 0 Å². The van der Waals surface area contributed by atoms with Gasteiger partial charge in [0, 0.05) is 11.9 Å². The molecule has 76 valence electrons. The molecule has 0 fully saturated rings. The summed E-state index contributed by atoms with van der Waals surface area (Å²) in [6.07, 6.45) is 1.67. The number of nitrogens with zero attached hydrogens (tertiary/aromatic N) is 1. The van der Waals surface area contributed by atoms with Gasteiger partial charge >= 0.3 is 0 Å². The zero-order chi connectivity index (χ0) is 10.7. The Bertz CT molecular complexity index is 459. The number of hydrogen-bond donors (Lipinski definition) is 1. The average Bonchev–Trinajstić information content (AvgIpc) is 2.25. The van der Waals surface area contributed by atoms with Crippen molar-refractivity contribution in [3.63, 3.8) is 0 Å². The molecule has 0 unspecified atom stereocenters. The van der Waals surface area contributed by atoms with Gasteiger partial charge in [-0.05, 0) is 30.3 Å². The third-order valence-electron chi connectivity index (χ3n) is 1.86. The predicted molar refractivity (Wildman–Crippen MR) is 58.9 cm³/mol. The summed E-state index contributed by atoms with van der Waals surface area (Å²) in [4.78, 5) is 4.08. The molecule has 1 aromatic heterocycles. The summed E-state index contributed by atoms with van der Waals surface area (Å²) in [7, 11) is 0. The van der Waals surface area contributed by atoms with Gasteiger partial charge in [-0.15, -0.1) is 0 Å². The predicted octanol–water partition coefficient (Wildman–Crippen LogP) is 3.62. The molecule has 1 aromatic carbocycles. The van der Waals surface area contributed by atoms with E-state index in [0.29, 0.717) is 11.5 Å². The van der Waals surface area contributed by atoms with Gasteiger partial charge in [-0.25, -0.2) is 9.37 Å². The van der Waals surface area contributed by atoms with Gasteiger partial charge in [0.2, 0.25) is 0 Å². The highest BCUT2D eigenvalue weighted by molar-refractivity contribution is 6.31. The summed E-state index contributed by atoms with van der Waals surface area (Å²) in [6, 6.07) is 9.94. The third kappa shape index (κ3) is 2.44. The molecule has 2 nitrogen and oxygen atoms in total. The van der Waals surface area contributed by atoms with E-state index in [-0.39, 0.29) is 5.02 Å². The molecule has 0 aliphatic carbocycles. The first kappa shape index (κ1) is 9.93. The third-order valence-corrected chi connectivity index (χ3v) is 2.15. The van der Waals surface area contributed by atoms with E-state index in [1.54, 1.807) is 12.3 Å². The Morgan fingerprint density at radius 1 is 1.20 bits per heavy atom. The lowest BCUT2D eigenvalue weighted by atomic mass is 10.3. The van der Waals surface area contributed by atoms with E-state index in [4.69, 9.17) is 11.6 Å². The SMILES string of the molecule is Fc1ccc(Nc2ccccn2)cc1Cl. The van der Waals surface area contributed by atoms with E-state index in [2.05, 4.69) is 10.3 Å². The Hall–Kier alpha value is -1.61. The molecule has 0 aliphatic rings. The van der Waals surface area contributed by atoms with Crippen molar-refractivity contribution in [2.24, 2.45) is 0 Å². The van der Waals surface area contributed by atoms with Gasteiger partial charge in [0.05, 0.1) is 5.02 Å². The normalized spacial score (nSPS) is 10.0. The molecule has 0 spiro atoms. The maximum Gasteiger partial charge on any atom is 0.141 e. The molecular weight excluding hydrogens is 215 g/mol. The van der Waals surface area contributed by atoms with Crippen molar-refractivity contribution in [1.29, 1.82) is 0 Å². The number of anilines is 2. The first-order chi connectivity index (χ1) is 7.25. The molecule has 1 N–H and O–H groups in total. The smallest absolute Gasteiger partial charge is 0.141 e. The maximum absolute atomic E-state index is 12.9. The van der Waals surface area contributed by atoms with Crippen molar-refractivity contribution in [1.82, 2.24) is 4.98 Å². The zero-order valence-electron chi connectivity index (χ0n) is 7.74. The molecule has 0 bridgehead atoms.